The molecule has 2 heterocycles. The highest BCUT2D eigenvalue weighted by Crippen LogP contribution is 2.26. The summed E-state index contributed by atoms with van der Waals surface area (Å²) in [5, 5.41) is 9.61. The van der Waals surface area contributed by atoms with E-state index in [0.717, 1.165) is 29.4 Å². The second-order valence-corrected chi connectivity index (χ2v) is 8.64. The molecule has 0 unspecified atom stereocenters. The summed E-state index contributed by atoms with van der Waals surface area (Å²) in [5.41, 5.74) is 2.13. The first-order chi connectivity index (χ1) is 14.7. The molecule has 0 aliphatic heterocycles. The van der Waals surface area contributed by atoms with E-state index in [1.165, 1.54) is 36.6 Å². The van der Waals surface area contributed by atoms with E-state index in [9.17, 15) is 4.79 Å². The lowest BCUT2D eigenvalue weighted by molar-refractivity contribution is -0.129. The summed E-state index contributed by atoms with van der Waals surface area (Å²) in [6.07, 6.45) is 9.46. The van der Waals surface area contributed by atoms with Crippen LogP contribution < -0.4 is 0 Å². The van der Waals surface area contributed by atoms with Crippen molar-refractivity contribution >= 4 is 17.7 Å². The second kappa shape index (κ2) is 9.89. The third-order valence-electron chi connectivity index (χ3n) is 5.68. The Morgan fingerprint density at radius 2 is 1.80 bits per heavy atom. The molecule has 0 bridgehead atoms. The van der Waals surface area contributed by atoms with Gasteiger partial charge in [0.05, 0.1) is 12.3 Å². The first kappa shape index (κ1) is 20.6. The van der Waals surface area contributed by atoms with Crippen molar-refractivity contribution in [1.82, 2.24) is 24.6 Å². The van der Waals surface area contributed by atoms with Gasteiger partial charge < -0.3 is 4.90 Å². The highest BCUT2D eigenvalue weighted by Gasteiger charge is 2.23. The fourth-order valence-corrected chi connectivity index (χ4v) is 4.78. The molecular formula is C23H27N5OS. The van der Waals surface area contributed by atoms with Gasteiger partial charge in [-0.05, 0) is 30.5 Å². The predicted octanol–water partition coefficient (Wildman–Crippen LogP) is 4.27. The van der Waals surface area contributed by atoms with Crippen LogP contribution in [0.25, 0.3) is 11.4 Å². The Balaban J connectivity index is 1.52. The lowest BCUT2D eigenvalue weighted by Gasteiger charge is -2.31. The first-order valence-electron chi connectivity index (χ1n) is 10.5. The van der Waals surface area contributed by atoms with Gasteiger partial charge in [0.2, 0.25) is 5.91 Å². The van der Waals surface area contributed by atoms with Gasteiger partial charge in [0.25, 0.3) is 0 Å². The number of pyridine rings is 1. The number of benzene rings is 1. The summed E-state index contributed by atoms with van der Waals surface area (Å²) in [5.74, 6) is 1.32. The molecule has 0 saturated heterocycles. The van der Waals surface area contributed by atoms with Crippen molar-refractivity contribution in [2.45, 2.75) is 49.8 Å². The fraction of sp³-hybridized carbons (Fsp3) is 0.391. The van der Waals surface area contributed by atoms with Crippen molar-refractivity contribution in [2.24, 2.45) is 0 Å². The lowest BCUT2D eigenvalue weighted by Crippen LogP contribution is -2.39. The Morgan fingerprint density at radius 3 is 2.53 bits per heavy atom. The molecule has 30 heavy (non-hydrogen) atoms. The SMILES string of the molecule is CN(C(=O)CSc1nnc(-c2ccncc2)n1Cc1ccccc1)C1CCCCC1. The summed E-state index contributed by atoms with van der Waals surface area (Å²) in [7, 11) is 1.94. The third-order valence-corrected chi connectivity index (χ3v) is 6.63. The molecular weight excluding hydrogens is 394 g/mol. The Hall–Kier alpha value is -2.67. The maximum absolute atomic E-state index is 12.8. The number of carbonyl (C=O) groups is 1. The number of carbonyl (C=O) groups excluding carboxylic acids is 1. The average molecular weight is 422 g/mol. The van der Waals surface area contributed by atoms with Crippen LogP contribution in [0.4, 0.5) is 0 Å². The lowest BCUT2D eigenvalue weighted by atomic mass is 9.94. The quantitative estimate of drug-likeness (QED) is 0.533. The normalized spacial score (nSPS) is 14.6. The van der Waals surface area contributed by atoms with Crippen molar-refractivity contribution in [2.75, 3.05) is 12.8 Å². The highest BCUT2D eigenvalue weighted by molar-refractivity contribution is 7.99. The number of aromatic nitrogens is 4. The van der Waals surface area contributed by atoms with E-state index in [4.69, 9.17) is 0 Å². The summed E-state index contributed by atoms with van der Waals surface area (Å²) in [4.78, 5) is 18.8. The number of nitrogens with zero attached hydrogens (tertiary/aromatic N) is 5. The number of hydrogen-bond donors (Lipinski definition) is 0. The third kappa shape index (κ3) is 4.90. The topological polar surface area (TPSA) is 63.9 Å². The molecule has 3 aromatic rings. The van der Waals surface area contributed by atoms with Crippen LogP contribution in [-0.4, -0.2) is 49.4 Å². The van der Waals surface area contributed by atoms with Gasteiger partial charge in [-0.25, -0.2) is 0 Å². The van der Waals surface area contributed by atoms with Crippen molar-refractivity contribution < 1.29 is 4.79 Å². The van der Waals surface area contributed by atoms with Gasteiger partial charge in [-0.15, -0.1) is 10.2 Å². The van der Waals surface area contributed by atoms with E-state index < -0.39 is 0 Å². The summed E-state index contributed by atoms with van der Waals surface area (Å²) in [6, 6.07) is 14.5. The molecule has 1 amide bonds. The van der Waals surface area contributed by atoms with Crippen LogP contribution in [0.5, 0.6) is 0 Å². The number of amides is 1. The minimum atomic E-state index is 0.159. The molecule has 4 rings (SSSR count). The number of thioether (sulfide) groups is 1. The predicted molar refractivity (Wildman–Crippen MR) is 119 cm³/mol. The molecule has 0 atom stereocenters. The van der Waals surface area contributed by atoms with Crippen LogP contribution in [0.1, 0.15) is 37.7 Å². The molecule has 1 saturated carbocycles. The standard InChI is InChI=1S/C23H27N5OS/c1-27(20-10-6-3-7-11-20)21(29)17-30-23-26-25-22(19-12-14-24-15-13-19)28(23)16-18-8-4-2-5-9-18/h2,4-5,8-9,12-15,20H,3,6-7,10-11,16-17H2,1H3. The van der Waals surface area contributed by atoms with Gasteiger partial charge in [-0.2, -0.15) is 0 Å². The van der Waals surface area contributed by atoms with Crippen LogP contribution >= 0.6 is 11.8 Å². The monoisotopic (exact) mass is 421 g/mol. The molecule has 1 fully saturated rings. The van der Waals surface area contributed by atoms with E-state index in [1.54, 1.807) is 12.4 Å². The first-order valence-corrected chi connectivity index (χ1v) is 11.5. The maximum atomic E-state index is 12.8. The smallest absolute Gasteiger partial charge is 0.233 e. The minimum Gasteiger partial charge on any atom is -0.342 e. The van der Waals surface area contributed by atoms with E-state index in [-0.39, 0.29) is 5.91 Å². The van der Waals surface area contributed by atoms with Crippen molar-refractivity contribution in [1.29, 1.82) is 0 Å². The fourth-order valence-electron chi connectivity index (χ4n) is 3.92. The minimum absolute atomic E-state index is 0.159. The summed E-state index contributed by atoms with van der Waals surface area (Å²) >= 11 is 1.46. The molecule has 1 aliphatic rings. The van der Waals surface area contributed by atoms with Gasteiger partial charge in [0, 0.05) is 31.0 Å². The van der Waals surface area contributed by atoms with Gasteiger partial charge in [-0.3, -0.25) is 14.3 Å². The van der Waals surface area contributed by atoms with E-state index in [0.29, 0.717) is 18.3 Å². The number of hydrogen-bond acceptors (Lipinski definition) is 5. The zero-order chi connectivity index (χ0) is 20.8. The molecule has 156 valence electrons. The Labute approximate surface area is 181 Å². The molecule has 2 aromatic heterocycles. The van der Waals surface area contributed by atoms with Gasteiger partial charge >= 0.3 is 0 Å². The highest BCUT2D eigenvalue weighted by atomic mass is 32.2. The van der Waals surface area contributed by atoms with Gasteiger partial charge in [-0.1, -0.05) is 61.4 Å². The molecule has 1 aliphatic carbocycles. The molecule has 0 radical (unpaired) electrons. The summed E-state index contributed by atoms with van der Waals surface area (Å²) in [6.45, 7) is 0.653. The molecule has 0 N–H and O–H groups in total. The van der Waals surface area contributed by atoms with Crippen molar-refractivity contribution in [3.8, 4) is 11.4 Å². The van der Waals surface area contributed by atoms with Crippen LogP contribution in [0.3, 0.4) is 0 Å². The van der Waals surface area contributed by atoms with Gasteiger partial charge in [0.1, 0.15) is 0 Å². The Bertz CT molecular complexity index is 954. The van der Waals surface area contributed by atoms with E-state index >= 15 is 0 Å². The van der Waals surface area contributed by atoms with E-state index in [1.807, 2.05) is 42.3 Å². The molecule has 6 nitrogen and oxygen atoms in total. The van der Waals surface area contributed by atoms with Crippen molar-refractivity contribution in [3.63, 3.8) is 0 Å². The van der Waals surface area contributed by atoms with Crippen LogP contribution in [-0.2, 0) is 11.3 Å². The Kier molecular flexibility index (Phi) is 6.79. The summed E-state index contributed by atoms with van der Waals surface area (Å²) < 4.78 is 2.09. The zero-order valence-electron chi connectivity index (χ0n) is 17.3. The molecule has 0 spiro atoms. The Morgan fingerprint density at radius 1 is 1.07 bits per heavy atom. The average Bonchev–Trinajstić information content (AvgIpc) is 3.21. The number of rotatable bonds is 7. The van der Waals surface area contributed by atoms with Gasteiger partial charge in [0.15, 0.2) is 11.0 Å². The van der Waals surface area contributed by atoms with E-state index in [2.05, 4.69) is 31.9 Å². The zero-order valence-corrected chi connectivity index (χ0v) is 18.1. The van der Waals surface area contributed by atoms with Crippen LogP contribution in [0.15, 0.2) is 60.0 Å². The molecule has 7 heteroatoms. The maximum Gasteiger partial charge on any atom is 0.233 e. The largest absolute Gasteiger partial charge is 0.342 e. The van der Waals surface area contributed by atoms with Crippen molar-refractivity contribution in [3.05, 3.63) is 60.4 Å². The van der Waals surface area contributed by atoms with Crippen LogP contribution in [0, 0.1) is 0 Å². The second-order valence-electron chi connectivity index (χ2n) is 7.70. The van der Waals surface area contributed by atoms with Crippen LogP contribution in [0.2, 0.25) is 0 Å². The molecule has 1 aromatic carbocycles.